The largest absolute Gasteiger partial charge is 0.380 e. The zero-order valence-corrected chi connectivity index (χ0v) is 10.7. The van der Waals surface area contributed by atoms with Crippen molar-refractivity contribution in [2.75, 3.05) is 7.11 Å². The quantitative estimate of drug-likeness (QED) is 0.751. The van der Waals surface area contributed by atoms with Crippen LogP contribution < -0.4 is 11.2 Å². The smallest absolute Gasteiger partial charge is 0.328 e. The van der Waals surface area contributed by atoms with Gasteiger partial charge in [-0.3, -0.25) is 14.3 Å². The van der Waals surface area contributed by atoms with Crippen molar-refractivity contribution >= 4 is 19.7 Å². The fourth-order valence-corrected chi connectivity index (χ4v) is 2.01. The Bertz CT molecular complexity index is 618. The van der Waals surface area contributed by atoms with Crippen LogP contribution in [0.4, 0.5) is 0 Å². The number of halogens is 1. The molecule has 17 heavy (non-hydrogen) atoms. The number of nitrogens with one attached hydrogen (secondary N) is 1. The lowest BCUT2D eigenvalue weighted by Crippen LogP contribution is -2.34. The molecule has 0 amide bonds. The summed E-state index contributed by atoms with van der Waals surface area (Å²) in [4.78, 5) is 23.8. The topological polar surface area (TPSA) is 98.2 Å². The Morgan fingerprint density at radius 2 is 2.12 bits per heavy atom. The fourth-order valence-electron chi connectivity index (χ4n) is 1.15. The van der Waals surface area contributed by atoms with Crippen molar-refractivity contribution in [3.8, 4) is 0 Å². The van der Waals surface area contributed by atoms with Crippen molar-refractivity contribution in [3.63, 3.8) is 0 Å². The van der Waals surface area contributed by atoms with Crippen LogP contribution in [-0.4, -0.2) is 31.2 Å². The molecule has 1 unspecified atom stereocenters. The minimum atomic E-state index is -4.19. The SMILES string of the molecule is COC(C)Cn1cc(S(=O)(=O)Cl)c(=O)[nH]c1=O. The van der Waals surface area contributed by atoms with Gasteiger partial charge in [-0.15, -0.1) is 0 Å². The van der Waals surface area contributed by atoms with E-state index in [0.717, 1.165) is 10.8 Å². The molecular weight excluding hydrogens is 272 g/mol. The van der Waals surface area contributed by atoms with E-state index in [4.69, 9.17) is 15.4 Å². The number of hydrogen-bond donors (Lipinski definition) is 1. The Morgan fingerprint density at radius 3 is 2.59 bits per heavy atom. The van der Waals surface area contributed by atoms with Crippen LogP contribution in [0.5, 0.6) is 0 Å². The van der Waals surface area contributed by atoms with Gasteiger partial charge in [-0.2, -0.15) is 0 Å². The molecule has 0 aliphatic rings. The van der Waals surface area contributed by atoms with Crippen LogP contribution in [-0.2, 0) is 20.3 Å². The Kier molecular flexibility index (Phi) is 4.12. The first kappa shape index (κ1) is 13.9. The van der Waals surface area contributed by atoms with Crippen molar-refractivity contribution in [1.29, 1.82) is 0 Å². The Labute approximate surface area is 101 Å². The monoisotopic (exact) mass is 282 g/mol. The van der Waals surface area contributed by atoms with E-state index in [2.05, 4.69) is 0 Å². The van der Waals surface area contributed by atoms with Gasteiger partial charge in [-0.05, 0) is 6.92 Å². The first-order valence-corrected chi connectivity index (χ1v) is 6.88. The van der Waals surface area contributed by atoms with Gasteiger partial charge in [0.1, 0.15) is 0 Å². The van der Waals surface area contributed by atoms with Crippen LogP contribution in [0.15, 0.2) is 20.7 Å². The second-order valence-electron chi connectivity index (χ2n) is 3.39. The average molecular weight is 283 g/mol. The standard InChI is InChI=1S/C8H11ClN2O5S/c1-5(16-2)3-11-4-6(17(9,14)15)7(12)10-8(11)13/h4-5H,3H2,1-2H3,(H,10,12,13). The first-order chi connectivity index (χ1) is 7.75. The van der Waals surface area contributed by atoms with E-state index in [-0.39, 0.29) is 12.6 Å². The predicted octanol–water partition coefficient (Wildman–Crippen LogP) is -0.501. The van der Waals surface area contributed by atoms with Gasteiger partial charge in [0.05, 0.1) is 12.6 Å². The summed E-state index contributed by atoms with van der Waals surface area (Å²) in [7, 11) is 2.32. The summed E-state index contributed by atoms with van der Waals surface area (Å²) in [6.45, 7) is 1.79. The van der Waals surface area contributed by atoms with Crippen LogP contribution >= 0.6 is 10.7 Å². The third-order valence-corrected chi connectivity index (χ3v) is 3.41. The molecule has 1 rings (SSSR count). The maximum Gasteiger partial charge on any atom is 0.328 e. The molecule has 1 N–H and O–H groups in total. The third-order valence-electron chi connectivity index (χ3n) is 2.10. The number of hydrogen-bond acceptors (Lipinski definition) is 5. The molecule has 9 heteroatoms. The lowest BCUT2D eigenvalue weighted by molar-refractivity contribution is 0.101. The predicted molar refractivity (Wildman–Crippen MR) is 60.8 cm³/mol. The zero-order valence-electron chi connectivity index (χ0n) is 9.14. The maximum absolute atomic E-state index is 11.4. The highest BCUT2D eigenvalue weighted by Gasteiger charge is 2.17. The number of methoxy groups -OCH3 is 1. The number of aromatic amines is 1. The van der Waals surface area contributed by atoms with Gasteiger partial charge in [0.2, 0.25) is 0 Å². The number of rotatable bonds is 4. The molecule has 96 valence electrons. The summed E-state index contributed by atoms with van der Waals surface area (Å²) in [5.41, 5.74) is -1.76. The second-order valence-corrected chi connectivity index (χ2v) is 5.92. The van der Waals surface area contributed by atoms with Gasteiger partial charge < -0.3 is 4.74 Å². The molecule has 0 aliphatic heterocycles. The number of H-pyrrole nitrogens is 1. The number of ether oxygens (including phenoxy) is 1. The van der Waals surface area contributed by atoms with Crippen LogP contribution in [0.3, 0.4) is 0 Å². The summed E-state index contributed by atoms with van der Waals surface area (Å²) >= 11 is 0. The van der Waals surface area contributed by atoms with E-state index in [1.165, 1.54) is 7.11 Å². The van der Waals surface area contributed by atoms with Gasteiger partial charge in [-0.25, -0.2) is 13.2 Å². The van der Waals surface area contributed by atoms with Gasteiger partial charge in [0.25, 0.3) is 14.6 Å². The molecule has 1 atom stereocenters. The number of aromatic nitrogens is 2. The lowest BCUT2D eigenvalue weighted by atomic mass is 10.4. The maximum atomic E-state index is 11.4. The molecule has 0 radical (unpaired) electrons. The normalized spacial score (nSPS) is 13.6. The molecule has 0 spiro atoms. The van der Waals surface area contributed by atoms with E-state index in [0.29, 0.717) is 0 Å². The molecule has 0 saturated heterocycles. The van der Waals surface area contributed by atoms with E-state index in [1.807, 2.05) is 4.98 Å². The molecule has 7 nitrogen and oxygen atoms in total. The van der Waals surface area contributed by atoms with E-state index in [9.17, 15) is 18.0 Å². The van der Waals surface area contributed by atoms with Crippen molar-refractivity contribution in [1.82, 2.24) is 9.55 Å². The molecular formula is C8H11ClN2O5S. The lowest BCUT2D eigenvalue weighted by Gasteiger charge is -2.11. The molecule has 1 aromatic heterocycles. The van der Waals surface area contributed by atoms with E-state index < -0.39 is 25.2 Å². The van der Waals surface area contributed by atoms with Gasteiger partial charge >= 0.3 is 5.69 Å². The Morgan fingerprint density at radius 1 is 1.53 bits per heavy atom. The molecule has 1 aromatic rings. The fraction of sp³-hybridized carbons (Fsp3) is 0.500. The summed E-state index contributed by atoms with van der Waals surface area (Å²) in [6.07, 6.45) is 0.587. The molecule has 0 fully saturated rings. The first-order valence-electron chi connectivity index (χ1n) is 4.57. The molecule has 0 aliphatic carbocycles. The van der Waals surface area contributed by atoms with Gasteiger partial charge in [-0.1, -0.05) is 0 Å². The minimum absolute atomic E-state index is 0.103. The third kappa shape index (κ3) is 3.42. The van der Waals surface area contributed by atoms with E-state index >= 15 is 0 Å². The van der Waals surface area contributed by atoms with Crippen molar-refractivity contribution < 1.29 is 13.2 Å². The Balaban J connectivity index is 3.35. The van der Waals surface area contributed by atoms with Crippen LogP contribution in [0.2, 0.25) is 0 Å². The highest BCUT2D eigenvalue weighted by atomic mass is 35.7. The summed E-state index contributed by atoms with van der Waals surface area (Å²) in [5, 5.41) is 0. The van der Waals surface area contributed by atoms with Gasteiger partial charge in [0.15, 0.2) is 4.90 Å². The van der Waals surface area contributed by atoms with E-state index in [1.54, 1.807) is 6.92 Å². The molecule has 1 heterocycles. The van der Waals surface area contributed by atoms with Crippen LogP contribution in [0.25, 0.3) is 0 Å². The van der Waals surface area contributed by atoms with Crippen molar-refractivity contribution in [3.05, 3.63) is 27.0 Å². The summed E-state index contributed by atoms with van der Waals surface area (Å²) < 4.78 is 28.1. The Hall–Kier alpha value is -1.12. The second kappa shape index (κ2) is 5.03. The number of nitrogens with zero attached hydrogens (tertiary/aromatic N) is 1. The van der Waals surface area contributed by atoms with Crippen LogP contribution in [0.1, 0.15) is 6.92 Å². The zero-order chi connectivity index (χ0) is 13.2. The highest BCUT2D eigenvalue weighted by molar-refractivity contribution is 8.13. The minimum Gasteiger partial charge on any atom is -0.380 e. The summed E-state index contributed by atoms with van der Waals surface area (Å²) in [5.74, 6) is 0. The van der Waals surface area contributed by atoms with Gasteiger partial charge in [0, 0.05) is 24.0 Å². The average Bonchev–Trinajstić information content (AvgIpc) is 2.19. The van der Waals surface area contributed by atoms with Crippen LogP contribution in [0, 0.1) is 0 Å². The summed E-state index contributed by atoms with van der Waals surface area (Å²) in [6, 6.07) is 0. The molecule has 0 saturated carbocycles. The van der Waals surface area contributed by atoms with Crippen molar-refractivity contribution in [2.45, 2.75) is 24.5 Å². The van der Waals surface area contributed by atoms with Crippen molar-refractivity contribution in [2.24, 2.45) is 0 Å². The highest BCUT2D eigenvalue weighted by Crippen LogP contribution is 2.07. The molecule has 0 bridgehead atoms. The molecule has 0 aromatic carbocycles.